The van der Waals surface area contributed by atoms with Gasteiger partial charge in [0, 0.05) is 118 Å². The Morgan fingerprint density at radius 1 is 0.195 bits per heavy atom. The highest BCUT2D eigenvalue weighted by Crippen LogP contribution is 2.03. The third-order valence-electron chi connectivity index (χ3n) is 14.3. The van der Waals surface area contributed by atoms with Crippen LogP contribution in [0.3, 0.4) is 0 Å². The van der Waals surface area contributed by atoms with Gasteiger partial charge < -0.3 is 99.5 Å². The lowest BCUT2D eigenvalue weighted by Gasteiger charge is -2.21. The highest BCUT2D eigenvalue weighted by atomic mass is 16.6. The van der Waals surface area contributed by atoms with Crippen LogP contribution in [0.15, 0.2) is 0 Å². The van der Waals surface area contributed by atoms with Gasteiger partial charge in [0.25, 0.3) is 77.7 Å². The van der Waals surface area contributed by atoms with Gasteiger partial charge in [-0.05, 0) is 19.8 Å². The van der Waals surface area contributed by atoms with E-state index in [-0.39, 0.29) is 186 Å². The van der Waals surface area contributed by atoms with Crippen LogP contribution in [-0.2, 0) is 195 Å². The van der Waals surface area contributed by atoms with Crippen molar-refractivity contribution in [3.8, 4) is 0 Å². The summed E-state index contributed by atoms with van der Waals surface area (Å²) in [6, 6.07) is 0. The van der Waals surface area contributed by atoms with Gasteiger partial charge in [0.1, 0.15) is 79.3 Å². The van der Waals surface area contributed by atoms with E-state index >= 15 is 0 Å². The average molecular weight is 1710 g/mol. The number of esters is 8. The maximum atomic E-state index is 11.6. The van der Waals surface area contributed by atoms with Crippen molar-refractivity contribution in [1.82, 2.24) is 29.4 Å². The zero-order valence-corrected chi connectivity index (χ0v) is 68.2. The first kappa shape index (κ1) is 118. The molecule has 47 heteroatoms. The minimum Gasteiger partial charge on any atom is -0.469 e. The number of methoxy groups -OCH3 is 5. The maximum Gasteiger partial charge on any atom is 0.307 e. The molecule has 0 atom stereocenters. The van der Waals surface area contributed by atoms with E-state index in [0.717, 1.165) is 0 Å². The van der Waals surface area contributed by atoms with E-state index in [9.17, 15) is 95.9 Å². The number of carbonyl (C=O) groups excluding carboxylic acids is 20. The smallest absolute Gasteiger partial charge is 0.307 e. The van der Waals surface area contributed by atoms with Crippen molar-refractivity contribution in [2.24, 2.45) is 0 Å². The summed E-state index contributed by atoms with van der Waals surface area (Å²) in [6.45, 7) is 17.7. The highest BCUT2D eigenvalue weighted by molar-refractivity contribution is 5.72. The molecule has 0 amide bonds. The Bertz CT molecular complexity index is 2470. The van der Waals surface area contributed by atoms with Gasteiger partial charge in [-0.15, -0.1) is 0 Å². The SMILES string of the molecule is CCOC(=O)CCN(CCOC=O)CCOC=O.COC(=O)CCN(CCOC=O)CCC(=O)OC.COC(=O)CCN(CCOC=O)CCOC=O.COC(=O)CCN(CCOCCOC=O)CCC(=O)OC.O=COCCCCOC(=O)CCN(CCOC=O)CCOC=O.O=COCCOC(=O)CCN(CCOC=O)CCOC=O. The van der Waals surface area contributed by atoms with Crippen LogP contribution in [0.5, 0.6) is 0 Å². The fourth-order valence-electron chi connectivity index (χ4n) is 8.19. The quantitative estimate of drug-likeness (QED) is 0.0244. The molecule has 0 saturated carbocycles. The molecule has 0 aliphatic carbocycles. The number of hydrogen-bond donors (Lipinski definition) is 0. The molecule has 0 unspecified atom stereocenters. The summed E-state index contributed by atoms with van der Waals surface area (Å²) in [6.07, 6.45) is 2.94. The zero-order chi connectivity index (χ0) is 89.2. The monoisotopic (exact) mass is 1710 g/mol. The van der Waals surface area contributed by atoms with Crippen molar-refractivity contribution in [2.75, 3.05) is 266 Å². The topological polar surface area (TPSA) is 555 Å². The summed E-state index contributed by atoms with van der Waals surface area (Å²) in [7, 11) is 6.61. The van der Waals surface area contributed by atoms with Crippen LogP contribution in [0.2, 0.25) is 0 Å². The molecule has 0 saturated heterocycles. The lowest BCUT2D eigenvalue weighted by atomic mass is 10.3. The molecule has 0 radical (unpaired) electrons. The van der Waals surface area contributed by atoms with Crippen LogP contribution in [0.4, 0.5) is 0 Å². The molecule has 0 aliphatic heterocycles. The van der Waals surface area contributed by atoms with Gasteiger partial charge in [0.05, 0.1) is 120 Å². The van der Waals surface area contributed by atoms with Gasteiger partial charge in [-0.2, -0.15) is 0 Å². The first-order valence-electron chi connectivity index (χ1n) is 36.6. The van der Waals surface area contributed by atoms with Crippen LogP contribution < -0.4 is 0 Å². The van der Waals surface area contributed by atoms with Crippen molar-refractivity contribution in [3.63, 3.8) is 0 Å². The van der Waals surface area contributed by atoms with Gasteiger partial charge in [-0.3, -0.25) is 125 Å². The fraction of sp³-hybridized carbons (Fsp3) is 0.718. The predicted octanol–water partition coefficient (Wildman–Crippen LogP) is -3.76. The van der Waals surface area contributed by atoms with Gasteiger partial charge in [-0.1, -0.05) is 0 Å². The molecular formula is C71H120N6O41. The zero-order valence-electron chi connectivity index (χ0n) is 68.2. The highest BCUT2D eigenvalue weighted by Gasteiger charge is 2.17. The molecule has 0 aromatic carbocycles. The molecule has 47 nitrogen and oxygen atoms in total. The average Bonchev–Trinajstić information content (AvgIpc) is 1.15. The lowest BCUT2D eigenvalue weighted by molar-refractivity contribution is -0.148. The van der Waals surface area contributed by atoms with Crippen molar-refractivity contribution in [3.05, 3.63) is 0 Å². The maximum absolute atomic E-state index is 11.6. The Morgan fingerprint density at radius 3 is 0.602 bits per heavy atom. The summed E-state index contributed by atoms with van der Waals surface area (Å²) in [5.41, 5.74) is 0. The van der Waals surface area contributed by atoms with Gasteiger partial charge >= 0.3 is 47.8 Å². The first-order chi connectivity index (χ1) is 57.2. The second-order valence-electron chi connectivity index (χ2n) is 22.1. The van der Waals surface area contributed by atoms with E-state index in [4.69, 9.17) is 18.9 Å². The van der Waals surface area contributed by atoms with E-state index in [1.54, 1.807) is 11.8 Å². The van der Waals surface area contributed by atoms with E-state index < -0.39 is 5.97 Å². The fourth-order valence-corrected chi connectivity index (χ4v) is 8.19. The molecule has 0 aliphatic rings. The third-order valence-corrected chi connectivity index (χ3v) is 14.3. The van der Waals surface area contributed by atoms with Crippen molar-refractivity contribution in [2.45, 2.75) is 71.1 Å². The second-order valence-corrected chi connectivity index (χ2v) is 22.1. The first-order valence-corrected chi connectivity index (χ1v) is 36.6. The minimum absolute atomic E-state index is 0.0000786. The van der Waals surface area contributed by atoms with E-state index in [1.165, 1.54) is 35.5 Å². The number of nitrogens with zero attached hydrogens (tertiary/aromatic N) is 6. The molecular weight excluding hydrogens is 1590 g/mol. The van der Waals surface area contributed by atoms with Crippen LogP contribution in [0, 0.1) is 0 Å². The Morgan fingerprint density at radius 2 is 0.373 bits per heavy atom. The number of rotatable bonds is 78. The third kappa shape index (κ3) is 95.7. The van der Waals surface area contributed by atoms with Crippen LogP contribution in [0.25, 0.3) is 0 Å². The number of ether oxygens (including phenoxy) is 21. The number of unbranched alkanes of at least 4 members (excludes halogenated alkanes) is 1. The standard InChI is InChI=1S/C14H23NO8.C13H23NO7.C12H19NO8.2C11H19NO6.C10H17NO6/c16-11-20-7-1-2-8-23-14(19)3-4-15(5-9-21-12-17)6-10-22-13-18;1-18-12(16)3-5-14(6-4-13(17)19-2)7-8-20-9-10-21-11-15;14-9-18-5-3-13(4-6-19-10-15)2-1-12(17)21-8-7-20-11-16;1-16-10(14)3-5-12(7-8-18-9-13)6-4-11(15)17-2;1-2-18-11(15)3-4-12(5-7-16-9-13)6-8-17-10-14;1-15-10(14)2-3-11(4-6-16-8-12)5-7-17-9-13/h11-13H,1-10H2;11H,3-10H2,1-2H3;9-11H,1-8H2;9H,3-8H2,1-2H3;9-10H,2-8H2,1H3;8-9H,2-7H2,1H3. The molecule has 0 fully saturated rings. The molecule has 0 N–H and O–H groups in total. The minimum atomic E-state index is -0.442. The number of hydrogen-bond acceptors (Lipinski definition) is 47. The van der Waals surface area contributed by atoms with Crippen molar-refractivity contribution < 1.29 is 195 Å². The van der Waals surface area contributed by atoms with Crippen molar-refractivity contribution >= 4 is 125 Å². The summed E-state index contributed by atoms with van der Waals surface area (Å²) < 4.78 is 97.2. The molecule has 118 heavy (non-hydrogen) atoms. The molecule has 0 spiro atoms. The molecule has 0 rings (SSSR count). The molecule has 680 valence electrons. The summed E-state index contributed by atoms with van der Waals surface area (Å²) >= 11 is 0. The summed E-state index contributed by atoms with van der Waals surface area (Å²) in [5, 5.41) is 0. The van der Waals surface area contributed by atoms with Crippen LogP contribution >= 0.6 is 0 Å². The molecule has 0 bridgehead atoms. The van der Waals surface area contributed by atoms with E-state index in [1.807, 2.05) is 24.5 Å². The van der Waals surface area contributed by atoms with E-state index in [2.05, 4.69) is 80.5 Å². The molecule has 0 aromatic rings. The summed E-state index contributed by atoms with van der Waals surface area (Å²) in [4.78, 5) is 221. The van der Waals surface area contributed by atoms with Gasteiger partial charge in [0.2, 0.25) is 0 Å². The largest absolute Gasteiger partial charge is 0.469 e. The predicted molar refractivity (Wildman–Crippen MR) is 398 cm³/mol. The molecule has 0 aromatic heterocycles. The van der Waals surface area contributed by atoms with Gasteiger partial charge in [-0.25, -0.2) is 0 Å². The number of carbonyl (C=O) groups is 20. The summed E-state index contributed by atoms with van der Waals surface area (Å²) in [5.74, 6) is -2.65. The normalized spacial score (nSPS) is 9.93. The Balaban J connectivity index is -0.000000320. The molecule has 0 heterocycles. The lowest BCUT2D eigenvalue weighted by Crippen LogP contribution is -2.33. The second kappa shape index (κ2) is 98.5. The Hall–Kier alpha value is -10.9. The Labute approximate surface area is 684 Å². The van der Waals surface area contributed by atoms with Gasteiger partial charge in [0.15, 0.2) is 0 Å². The van der Waals surface area contributed by atoms with E-state index in [0.29, 0.717) is 228 Å². The van der Waals surface area contributed by atoms with Crippen LogP contribution in [0.1, 0.15) is 71.1 Å². The van der Waals surface area contributed by atoms with Crippen LogP contribution in [-0.4, -0.2) is 420 Å². The Kier molecular flexibility index (Phi) is 98.5. The van der Waals surface area contributed by atoms with Crippen molar-refractivity contribution in [1.29, 1.82) is 0 Å².